The van der Waals surface area contributed by atoms with Gasteiger partial charge in [0, 0.05) is 7.05 Å². The molecule has 1 rings (SSSR count). The predicted molar refractivity (Wildman–Crippen MR) is 71.6 cm³/mol. The van der Waals surface area contributed by atoms with Gasteiger partial charge in [0.05, 0.1) is 7.11 Å². The lowest BCUT2D eigenvalue weighted by molar-refractivity contribution is -0.146. The van der Waals surface area contributed by atoms with Crippen LogP contribution in [-0.2, 0) is 14.3 Å². The van der Waals surface area contributed by atoms with Gasteiger partial charge in [-0.2, -0.15) is 0 Å². The molecule has 1 unspecified atom stereocenters. The van der Waals surface area contributed by atoms with Crippen LogP contribution in [0.1, 0.15) is 11.6 Å². The van der Waals surface area contributed by atoms with E-state index >= 15 is 0 Å². The molecule has 0 aromatic heterocycles. The number of nitrogens with one attached hydrogen (secondary N) is 1. The number of benzene rings is 1. The predicted octanol–water partition coefficient (Wildman–Crippen LogP) is 0.0274. The quantitative estimate of drug-likeness (QED) is 0.742. The smallest absolute Gasteiger partial charge is 0.325 e. The van der Waals surface area contributed by atoms with Crippen LogP contribution in [0.5, 0.6) is 0 Å². The second-order valence-electron chi connectivity index (χ2n) is 4.12. The Hall–Kier alpha value is -2.57. The Morgan fingerprint density at radius 2 is 1.90 bits per heavy atom. The molecule has 0 aliphatic rings. The second-order valence-corrected chi connectivity index (χ2v) is 4.12. The van der Waals surface area contributed by atoms with Gasteiger partial charge in [-0.1, -0.05) is 30.3 Å². The molecule has 0 heterocycles. The molecule has 7 nitrogen and oxygen atoms in total. The molecule has 0 aliphatic carbocycles. The van der Waals surface area contributed by atoms with Crippen molar-refractivity contribution in [3.63, 3.8) is 0 Å². The summed E-state index contributed by atoms with van der Waals surface area (Å²) in [6, 6.07) is 6.86. The Bertz CT molecular complexity index is 490. The number of primary amides is 1. The molecule has 1 aromatic carbocycles. The summed E-state index contributed by atoms with van der Waals surface area (Å²) in [4.78, 5) is 35.7. The summed E-state index contributed by atoms with van der Waals surface area (Å²) in [5.41, 5.74) is 5.66. The number of rotatable bonds is 5. The van der Waals surface area contributed by atoms with Crippen molar-refractivity contribution in [3.8, 4) is 0 Å². The third-order valence-electron chi connectivity index (χ3n) is 2.64. The highest BCUT2D eigenvalue weighted by Gasteiger charge is 2.26. The number of hydrogen-bond donors (Lipinski definition) is 2. The number of ether oxygens (including phenoxy) is 1. The number of carbonyl (C=O) groups is 3. The van der Waals surface area contributed by atoms with E-state index in [1.807, 2.05) is 0 Å². The van der Waals surface area contributed by atoms with Gasteiger partial charge in [0.1, 0.15) is 12.6 Å². The van der Waals surface area contributed by atoms with Gasteiger partial charge in [0.25, 0.3) is 0 Å². The molecule has 108 valence electrons. The zero-order chi connectivity index (χ0) is 15.1. The SMILES string of the molecule is COC(=O)CN(C)C(=O)C(NC(N)=O)c1ccccc1. The Labute approximate surface area is 116 Å². The molecular formula is C13H17N3O4. The topological polar surface area (TPSA) is 102 Å². The van der Waals surface area contributed by atoms with Crippen LogP contribution in [0.3, 0.4) is 0 Å². The summed E-state index contributed by atoms with van der Waals surface area (Å²) in [7, 11) is 2.68. The third-order valence-corrected chi connectivity index (χ3v) is 2.64. The number of nitrogens with zero attached hydrogens (tertiary/aromatic N) is 1. The van der Waals surface area contributed by atoms with Gasteiger partial charge in [-0.15, -0.1) is 0 Å². The van der Waals surface area contributed by atoms with Crippen molar-refractivity contribution in [2.45, 2.75) is 6.04 Å². The maximum absolute atomic E-state index is 12.3. The summed E-state index contributed by atoms with van der Waals surface area (Å²) < 4.78 is 4.49. The van der Waals surface area contributed by atoms with E-state index in [-0.39, 0.29) is 6.54 Å². The van der Waals surface area contributed by atoms with Crippen LogP contribution in [0.2, 0.25) is 0 Å². The van der Waals surface area contributed by atoms with Crippen molar-refractivity contribution in [1.82, 2.24) is 10.2 Å². The Balaban J connectivity index is 2.91. The molecule has 0 radical (unpaired) electrons. The number of urea groups is 1. The summed E-state index contributed by atoms with van der Waals surface area (Å²) in [5, 5.41) is 2.36. The van der Waals surface area contributed by atoms with Crippen LogP contribution < -0.4 is 11.1 Å². The standard InChI is InChI=1S/C13H17N3O4/c1-16(8-10(17)20-2)12(18)11(15-13(14)19)9-6-4-3-5-7-9/h3-7,11H,8H2,1-2H3,(H3,14,15,19). The van der Waals surface area contributed by atoms with Crippen molar-refractivity contribution < 1.29 is 19.1 Å². The van der Waals surface area contributed by atoms with Gasteiger partial charge >= 0.3 is 12.0 Å². The molecule has 7 heteroatoms. The minimum Gasteiger partial charge on any atom is -0.468 e. The minimum atomic E-state index is -0.941. The van der Waals surface area contributed by atoms with Crippen LogP contribution in [0.4, 0.5) is 4.79 Å². The number of nitrogens with two attached hydrogens (primary N) is 1. The van der Waals surface area contributed by atoms with Gasteiger partial charge in [-0.25, -0.2) is 4.79 Å². The fourth-order valence-electron chi connectivity index (χ4n) is 1.63. The van der Waals surface area contributed by atoms with E-state index in [9.17, 15) is 14.4 Å². The first-order chi connectivity index (χ1) is 9.45. The third kappa shape index (κ3) is 4.27. The lowest BCUT2D eigenvalue weighted by atomic mass is 10.1. The normalized spacial score (nSPS) is 11.3. The Morgan fingerprint density at radius 3 is 2.40 bits per heavy atom. The highest BCUT2D eigenvalue weighted by Crippen LogP contribution is 2.15. The van der Waals surface area contributed by atoms with Gasteiger partial charge in [-0.3, -0.25) is 9.59 Å². The number of esters is 1. The lowest BCUT2D eigenvalue weighted by Crippen LogP contribution is -2.44. The van der Waals surface area contributed by atoms with Gasteiger partial charge < -0.3 is 20.7 Å². The fourth-order valence-corrected chi connectivity index (χ4v) is 1.63. The summed E-state index contributed by atoms with van der Waals surface area (Å²) >= 11 is 0. The van der Waals surface area contributed by atoms with Gasteiger partial charge in [-0.05, 0) is 5.56 Å². The van der Waals surface area contributed by atoms with E-state index < -0.39 is 23.9 Å². The van der Waals surface area contributed by atoms with E-state index in [1.165, 1.54) is 19.1 Å². The first kappa shape index (κ1) is 15.5. The molecule has 0 spiro atoms. The van der Waals surface area contributed by atoms with Crippen LogP contribution in [-0.4, -0.2) is 43.5 Å². The van der Waals surface area contributed by atoms with Crippen molar-refractivity contribution in [2.24, 2.45) is 5.73 Å². The zero-order valence-electron chi connectivity index (χ0n) is 11.3. The second kappa shape index (κ2) is 7.13. The number of amides is 3. The number of methoxy groups -OCH3 is 1. The van der Waals surface area contributed by atoms with Crippen molar-refractivity contribution in [3.05, 3.63) is 35.9 Å². The monoisotopic (exact) mass is 279 g/mol. The zero-order valence-corrected chi connectivity index (χ0v) is 11.3. The van der Waals surface area contributed by atoms with Gasteiger partial charge in [0.2, 0.25) is 5.91 Å². The Kier molecular flexibility index (Phi) is 5.52. The maximum atomic E-state index is 12.3. The highest BCUT2D eigenvalue weighted by molar-refractivity contribution is 5.89. The van der Waals surface area contributed by atoms with Crippen LogP contribution in [0.15, 0.2) is 30.3 Å². The largest absolute Gasteiger partial charge is 0.468 e. The average Bonchev–Trinajstić information content (AvgIpc) is 2.44. The van der Waals surface area contributed by atoms with Gasteiger partial charge in [0.15, 0.2) is 0 Å². The van der Waals surface area contributed by atoms with Crippen LogP contribution >= 0.6 is 0 Å². The molecule has 3 N–H and O–H groups in total. The molecule has 0 saturated heterocycles. The van der Waals surface area contributed by atoms with E-state index in [4.69, 9.17) is 5.73 Å². The summed E-state index contributed by atoms with van der Waals surface area (Å²) in [6.45, 7) is -0.209. The maximum Gasteiger partial charge on any atom is 0.325 e. The highest BCUT2D eigenvalue weighted by atomic mass is 16.5. The van der Waals surface area contributed by atoms with Crippen molar-refractivity contribution >= 4 is 17.9 Å². The number of hydrogen-bond acceptors (Lipinski definition) is 4. The minimum absolute atomic E-state index is 0.209. The van der Waals surface area contributed by atoms with Crippen LogP contribution in [0.25, 0.3) is 0 Å². The molecule has 0 aliphatic heterocycles. The van der Waals surface area contributed by atoms with E-state index in [2.05, 4.69) is 10.1 Å². The molecule has 20 heavy (non-hydrogen) atoms. The number of carbonyl (C=O) groups excluding carboxylic acids is 3. The molecule has 1 aromatic rings. The fraction of sp³-hybridized carbons (Fsp3) is 0.308. The van der Waals surface area contributed by atoms with Crippen LogP contribution in [0, 0.1) is 0 Å². The Morgan fingerprint density at radius 1 is 1.30 bits per heavy atom. The lowest BCUT2D eigenvalue weighted by Gasteiger charge is -2.23. The molecule has 1 atom stereocenters. The summed E-state index contributed by atoms with van der Waals surface area (Å²) in [6.07, 6.45) is 0. The number of likely N-dealkylation sites (N-methyl/N-ethyl adjacent to an activating group) is 1. The van der Waals surface area contributed by atoms with E-state index in [0.29, 0.717) is 5.56 Å². The van der Waals surface area contributed by atoms with Crippen molar-refractivity contribution in [2.75, 3.05) is 20.7 Å². The van der Waals surface area contributed by atoms with Crippen molar-refractivity contribution in [1.29, 1.82) is 0 Å². The molecule has 0 saturated carbocycles. The molecule has 0 fully saturated rings. The molecule has 0 bridgehead atoms. The van der Waals surface area contributed by atoms with E-state index in [1.54, 1.807) is 30.3 Å². The first-order valence-corrected chi connectivity index (χ1v) is 5.88. The molecule has 3 amide bonds. The molecular weight excluding hydrogens is 262 g/mol. The average molecular weight is 279 g/mol. The van der Waals surface area contributed by atoms with E-state index in [0.717, 1.165) is 0 Å². The first-order valence-electron chi connectivity index (χ1n) is 5.88. The summed E-state index contributed by atoms with van der Waals surface area (Å²) in [5.74, 6) is -1.01.